The summed E-state index contributed by atoms with van der Waals surface area (Å²) in [5, 5.41) is 128. The van der Waals surface area contributed by atoms with Crippen molar-refractivity contribution < 1.29 is 156 Å². The van der Waals surface area contributed by atoms with Crippen LogP contribution in [-0.2, 0) is 89.7 Å². The Hall–Kier alpha value is -4.11. The van der Waals surface area contributed by atoms with Gasteiger partial charge in [0.15, 0.2) is 62.0 Å². The van der Waals surface area contributed by atoms with E-state index in [9.17, 15) is 94.4 Å². The maximum Gasteiger partial charge on any atom is 0.474 e. The summed E-state index contributed by atoms with van der Waals surface area (Å²) in [4.78, 5) is 87.2. The molecule has 21 N–H and O–H groups in total. The molecule has 94 heavy (non-hydrogen) atoms. The van der Waals surface area contributed by atoms with E-state index < -0.39 is 222 Å². The van der Waals surface area contributed by atoms with Crippen LogP contribution in [0, 0.1) is 0 Å². The third-order valence-electron chi connectivity index (χ3n) is 16.4. The van der Waals surface area contributed by atoms with Gasteiger partial charge in [0.05, 0.1) is 32.5 Å². The van der Waals surface area contributed by atoms with Crippen LogP contribution >= 0.6 is 7.82 Å². The molecule has 39 heteroatoms. The van der Waals surface area contributed by atoms with Gasteiger partial charge in [-0.3, -0.25) is 28.2 Å². The number of carbonyl (C=O) groups is 6. The van der Waals surface area contributed by atoms with Gasteiger partial charge in [-0.25, -0.2) is 14.2 Å². The Morgan fingerprint density at radius 2 is 1.13 bits per heavy atom. The number of rotatable bonds is 38. The summed E-state index contributed by atoms with van der Waals surface area (Å²) in [5.41, 5.74) is 13.4. The second-order valence-corrected chi connectivity index (χ2v) is 25.3. The summed E-state index contributed by atoms with van der Waals surface area (Å²) in [6.07, 6.45) is -35.4. The maximum atomic E-state index is 13.9. The van der Waals surface area contributed by atoms with Gasteiger partial charge in [0.25, 0.3) is 0 Å². The number of carbonyl (C=O) groups excluding carboxylic acids is 5. The number of phosphoric acid groups is 1. The standard InChI is InChI=1S/C55H97N6O32P/c1-6-7-8-9-10-11-12-13-14-15-16-17-18-59-19-20-81-29(48(75)76)23-83-94(79,80)93-53-43(44(92-54(58)77)55(5,78)45(91-53)47(57)74)90-50-31(61-26(4)64)34(67)41(28(86-50)22-82-51-38(71)35(68)32(65)27(21-62)85-51)88-49-30(60-25(3)63)33(66)40(24(2)84-49)87-52-39(72)36(69)37(70)42(89-52)46(56)73/h24,27-45,49-53,59,62,65-72,78H,6-23H2,1-5H3,(H2,56,73)(H2,57,74)(H2,58,77)(H,60,63)(H,61,64)(H,75,76)(H,79,80)/t24-,27-,28-,29+,30-,31-,32+,33+,34+,35-,36-,37+,38-,39-,40+,41+,42+,43-,44+,45-,49-,50-,51+,52+,53+,55-/m0/s1. The fourth-order valence-corrected chi connectivity index (χ4v) is 12.2. The first-order chi connectivity index (χ1) is 44.3. The number of primary amides is 3. The molecule has 5 aliphatic heterocycles. The van der Waals surface area contributed by atoms with Crippen molar-refractivity contribution in [2.45, 2.75) is 271 Å². The fraction of sp³-hybridized carbons (Fsp3) is 0.891. The highest BCUT2D eigenvalue weighted by Crippen LogP contribution is 2.49. The molecule has 5 rings (SSSR count). The van der Waals surface area contributed by atoms with Crippen molar-refractivity contribution in [1.82, 2.24) is 16.0 Å². The molecule has 1 unspecified atom stereocenters. The van der Waals surface area contributed by atoms with Crippen LogP contribution < -0.4 is 33.2 Å². The van der Waals surface area contributed by atoms with Gasteiger partial charge < -0.3 is 146 Å². The normalized spacial score (nSPS) is 38.0. The van der Waals surface area contributed by atoms with E-state index in [1.165, 1.54) is 51.9 Å². The number of nitrogens with one attached hydrogen (secondary N) is 3. The van der Waals surface area contributed by atoms with Crippen LogP contribution in [0.1, 0.15) is 112 Å². The van der Waals surface area contributed by atoms with Crippen LogP contribution in [0.3, 0.4) is 0 Å². The van der Waals surface area contributed by atoms with E-state index in [0.29, 0.717) is 6.54 Å². The van der Waals surface area contributed by atoms with Crippen molar-refractivity contribution in [1.29, 1.82) is 0 Å². The molecule has 5 fully saturated rings. The van der Waals surface area contributed by atoms with E-state index in [1.54, 1.807) is 0 Å². The summed E-state index contributed by atoms with van der Waals surface area (Å²) in [6, 6.07) is -3.88. The lowest BCUT2D eigenvalue weighted by Crippen LogP contribution is -2.72. The van der Waals surface area contributed by atoms with E-state index in [4.69, 9.17) is 78.4 Å². The molecule has 5 saturated heterocycles. The number of hydrogen-bond donors (Lipinski definition) is 18. The van der Waals surface area contributed by atoms with Crippen molar-refractivity contribution in [2.75, 3.05) is 39.5 Å². The zero-order chi connectivity index (χ0) is 69.9. The highest BCUT2D eigenvalue weighted by Gasteiger charge is 2.62. The van der Waals surface area contributed by atoms with Gasteiger partial charge in [-0.15, -0.1) is 0 Å². The van der Waals surface area contributed by atoms with E-state index in [-0.39, 0.29) is 13.2 Å². The molecule has 0 radical (unpaired) electrons. The molecule has 0 aliphatic carbocycles. The van der Waals surface area contributed by atoms with Gasteiger partial charge in [-0.2, -0.15) is 0 Å². The Morgan fingerprint density at radius 1 is 0.606 bits per heavy atom. The molecule has 27 atom stereocenters. The van der Waals surface area contributed by atoms with E-state index in [0.717, 1.165) is 52.9 Å². The average molecular weight is 1390 g/mol. The molecule has 544 valence electrons. The van der Waals surface area contributed by atoms with Crippen LogP contribution in [0.4, 0.5) is 4.79 Å². The summed E-state index contributed by atoms with van der Waals surface area (Å²) >= 11 is 0. The van der Waals surface area contributed by atoms with Crippen LogP contribution in [0.5, 0.6) is 0 Å². The first-order valence-electron chi connectivity index (χ1n) is 31.2. The molecule has 5 aliphatic rings. The van der Waals surface area contributed by atoms with Gasteiger partial charge in [-0.05, 0) is 26.8 Å². The molecule has 0 bridgehead atoms. The molecule has 0 aromatic heterocycles. The first-order valence-corrected chi connectivity index (χ1v) is 32.7. The largest absolute Gasteiger partial charge is 0.479 e. The van der Waals surface area contributed by atoms with E-state index in [1.807, 2.05) is 0 Å². The number of aliphatic carboxylic acids is 1. The monoisotopic (exact) mass is 1380 g/mol. The summed E-state index contributed by atoms with van der Waals surface area (Å²) in [5.74, 6) is -6.35. The van der Waals surface area contributed by atoms with Crippen LogP contribution in [-0.4, -0.2) is 295 Å². The van der Waals surface area contributed by atoms with Crippen molar-refractivity contribution in [3.05, 3.63) is 0 Å². The van der Waals surface area contributed by atoms with Crippen LogP contribution in [0.25, 0.3) is 0 Å². The van der Waals surface area contributed by atoms with Gasteiger partial charge in [0, 0.05) is 20.4 Å². The molecule has 0 spiro atoms. The topological polar surface area (TPSA) is 596 Å². The first kappa shape index (κ1) is 80.6. The number of hydrogen-bond acceptors (Lipinski definition) is 31. The number of ether oxygens (including phenoxy) is 11. The van der Waals surface area contributed by atoms with Crippen LogP contribution in [0.15, 0.2) is 0 Å². The molecule has 0 aromatic carbocycles. The van der Waals surface area contributed by atoms with Crippen molar-refractivity contribution in [3.63, 3.8) is 0 Å². The molecule has 5 amide bonds. The van der Waals surface area contributed by atoms with Gasteiger partial charge >= 0.3 is 19.9 Å². The number of phosphoric ester groups is 1. The predicted octanol–water partition coefficient (Wildman–Crippen LogP) is -6.23. The molecule has 0 saturated carbocycles. The van der Waals surface area contributed by atoms with Gasteiger partial charge in [0.1, 0.15) is 90.9 Å². The zero-order valence-electron chi connectivity index (χ0n) is 52.9. The number of amides is 5. The third kappa shape index (κ3) is 22.5. The third-order valence-corrected chi connectivity index (χ3v) is 17.3. The Balaban J connectivity index is 1.41. The summed E-state index contributed by atoms with van der Waals surface area (Å²) in [7, 11) is -5.78. The smallest absolute Gasteiger partial charge is 0.474 e. The minimum Gasteiger partial charge on any atom is -0.479 e. The number of carboxylic acid groups (broad SMARTS) is 1. The Bertz CT molecular complexity index is 2450. The van der Waals surface area contributed by atoms with E-state index in [2.05, 4.69) is 22.9 Å². The molecule has 0 aromatic rings. The fourth-order valence-electron chi connectivity index (χ4n) is 11.4. The second kappa shape index (κ2) is 37.7. The Labute approximate surface area is 541 Å². The molecular weight excluding hydrogens is 1290 g/mol. The highest BCUT2D eigenvalue weighted by molar-refractivity contribution is 7.47. The lowest BCUT2D eigenvalue weighted by Gasteiger charge is -2.52. The summed E-state index contributed by atoms with van der Waals surface area (Å²) in [6.45, 7) is 3.50. The number of aliphatic hydroxyl groups excluding tert-OH is 9. The minimum absolute atomic E-state index is 0.167. The van der Waals surface area contributed by atoms with Crippen molar-refractivity contribution >= 4 is 43.5 Å². The van der Waals surface area contributed by atoms with Gasteiger partial charge in [-0.1, -0.05) is 77.6 Å². The molecule has 38 nitrogen and oxygen atoms in total. The molecule has 5 heterocycles. The number of nitrogens with two attached hydrogens (primary N) is 3. The van der Waals surface area contributed by atoms with Crippen molar-refractivity contribution in [2.24, 2.45) is 17.2 Å². The van der Waals surface area contributed by atoms with Crippen molar-refractivity contribution in [3.8, 4) is 0 Å². The SMILES string of the molecule is CCCCCCCCCCCCCCNCCO[C@H](COP(=O)(O)O[C@H]1O[C@@H](C(N)=O)[C@@](C)(O)[C@H](OC(N)=O)[C@@H]1O[C@@H]1O[C@@H](CO[C@@H]2O[C@@H](CO)[C@@H](O)[C@H](O)[C@@H]2O)[C@@H](O[C@@H]2O[C@@H](C)[C@@H](O[C@@H]3O[C@@H](C(N)=O)[C@H](O)[C@H](O)[C@@H]3O)[C@H](O)[C@@H]2NC(C)=O)[C@H](O)[C@@H]1NC(C)=O)C(=O)O. The zero-order valence-corrected chi connectivity index (χ0v) is 53.8. The minimum atomic E-state index is -5.78. The summed E-state index contributed by atoms with van der Waals surface area (Å²) < 4.78 is 87.8. The Morgan fingerprint density at radius 3 is 1.67 bits per heavy atom. The van der Waals surface area contributed by atoms with E-state index >= 15 is 0 Å². The number of unbranched alkanes of at least 4 members (excludes halogenated alkanes) is 11. The highest BCUT2D eigenvalue weighted by atomic mass is 31.2. The number of carboxylic acids is 1. The lowest BCUT2D eigenvalue weighted by atomic mass is 9.85. The van der Waals surface area contributed by atoms with Gasteiger partial charge in [0.2, 0.25) is 23.6 Å². The molecular formula is C55H97N6O32P. The Kier molecular flexibility index (Phi) is 32.3. The average Bonchev–Trinajstić information content (AvgIpc) is 0.754. The second-order valence-electron chi connectivity index (χ2n) is 23.9. The maximum absolute atomic E-state index is 13.9. The number of aliphatic hydroxyl groups is 10. The lowest BCUT2D eigenvalue weighted by molar-refractivity contribution is -0.375. The van der Waals surface area contributed by atoms with Crippen LogP contribution in [0.2, 0.25) is 0 Å². The predicted molar refractivity (Wildman–Crippen MR) is 312 cm³/mol. The quantitative estimate of drug-likeness (QED) is 0.0202.